The molecule has 7 atom stereocenters. The van der Waals surface area contributed by atoms with Crippen LogP contribution in [0, 0.1) is 0 Å². The Kier molecular flexibility index (Phi) is 44.8. The van der Waals surface area contributed by atoms with Crippen LogP contribution in [0.1, 0.15) is 226 Å². The number of allylic oxidation sites excluding steroid dienone is 13. The number of hydrogen-bond donors (Lipinski definition) is 6. The molecule has 392 valence electrons. The molecule has 1 aliphatic rings. The molecule has 9 heteroatoms. The highest BCUT2D eigenvalue weighted by Crippen LogP contribution is 2.23. The molecule has 1 rings (SSSR count). The molecule has 6 N–H and O–H groups in total. The van der Waals surface area contributed by atoms with Crippen LogP contribution < -0.4 is 5.32 Å². The summed E-state index contributed by atoms with van der Waals surface area (Å²) < 4.78 is 11.3. The van der Waals surface area contributed by atoms with Crippen molar-refractivity contribution in [3.63, 3.8) is 0 Å². The molecule has 1 aliphatic heterocycles. The third-order valence-corrected chi connectivity index (χ3v) is 12.7. The Labute approximate surface area is 416 Å². The van der Waals surface area contributed by atoms with Crippen molar-refractivity contribution >= 4 is 5.91 Å². The Balaban J connectivity index is 2.30. The second kappa shape index (κ2) is 48.0. The maximum absolute atomic E-state index is 13.0. The van der Waals surface area contributed by atoms with E-state index in [1.807, 2.05) is 6.08 Å². The van der Waals surface area contributed by atoms with E-state index in [-0.39, 0.29) is 12.5 Å². The molecule has 7 unspecified atom stereocenters. The number of hydrogen-bond acceptors (Lipinski definition) is 8. The Morgan fingerprint density at radius 3 is 1.35 bits per heavy atom. The zero-order valence-electron chi connectivity index (χ0n) is 43.3. The van der Waals surface area contributed by atoms with E-state index in [0.717, 1.165) is 89.9 Å². The van der Waals surface area contributed by atoms with Gasteiger partial charge in [0.1, 0.15) is 24.4 Å². The molecule has 1 heterocycles. The number of aliphatic hydroxyl groups excluding tert-OH is 5. The molecule has 9 nitrogen and oxygen atoms in total. The topological polar surface area (TPSA) is 149 Å². The number of aliphatic hydroxyl groups is 5. The highest BCUT2D eigenvalue weighted by Gasteiger charge is 2.44. The van der Waals surface area contributed by atoms with E-state index < -0.39 is 49.5 Å². The number of amides is 1. The van der Waals surface area contributed by atoms with Gasteiger partial charge < -0.3 is 40.3 Å². The number of nitrogens with one attached hydrogen (secondary N) is 1. The van der Waals surface area contributed by atoms with Crippen molar-refractivity contribution in [3.05, 3.63) is 85.1 Å². The molecule has 1 fully saturated rings. The van der Waals surface area contributed by atoms with E-state index in [4.69, 9.17) is 9.47 Å². The van der Waals surface area contributed by atoms with Gasteiger partial charge in [-0.2, -0.15) is 0 Å². The summed E-state index contributed by atoms with van der Waals surface area (Å²) in [6.07, 6.45) is 60.6. The van der Waals surface area contributed by atoms with E-state index in [2.05, 4.69) is 92.1 Å². The maximum Gasteiger partial charge on any atom is 0.220 e. The molecule has 68 heavy (non-hydrogen) atoms. The van der Waals surface area contributed by atoms with Crippen molar-refractivity contribution in [2.24, 2.45) is 0 Å². The highest BCUT2D eigenvalue weighted by molar-refractivity contribution is 5.76. The molecule has 1 saturated heterocycles. The molecule has 0 saturated carbocycles. The summed E-state index contributed by atoms with van der Waals surface area (Å²) in [6, 6.07) is -0.825. The van der Waals surface area contributed by atoms with Gasteiger partial charge in [-0.25, -0.2) is 0 Å². The van der Waals surface area contributed by atoms with Crippen LogP contribution in [0.4, 0.5) is 0 Å². The SMILES string of the molecule is CC/C=C\C/C=C\C/C=C\C/C=C\C/C=C\C/C=C\CCCCCCC(=O)NC(COC1OC(CO)C(O)C(O)C1O)C(O)/C=C/CCCCCCCCCCCCCCCCCCCCCC. The van der Waals surface area contributed by atoms with Crippen molar-refractivity contribution in [1.82, 2.24) is 5.32 Å². The minimum atomic E-state index is -1.58. The zero-order valence-corrected chi connectivity index (χ0v) is 43.3. The van der Waals surface area contributed by atoms with Crippen LogP contribution in [0.3, 0.4) is 0 Å². The van der Waals surface area contributed by atoms with Crippen LogP contribution in [0.2, 0.25) is 0 Å². The van der Waals surface area contributed by atoms with E-state index in [9.17, 15) is 30.3 Å². The monoisotopic (exact) mass is 954 g/mol. The van der Waals surface area contributed by atoms with Crippen molar-refractivity contribution in [3.8, 4) is 0 Å². The predicted octanol–water partition coefficient (Wildman–Crippen LogP) is 13.5. The van der Waals surface area contributed by atoms with Gasteiger partial charge in [0.2, 0.25) is 5.91 Å². The lowest BCUT2D eigenvalue weighted by Gasteiger charge is -2.40. The van der Waals surface area contributed by atoms with Gasteiger partial charge >= 0.3 is 0 Å². The molecule has 0 aromatic heterocycles. The van der Waals surface area contributed by atoms with Crippen molar-refractivity contribution in [2.75, 3.05) is 13.2 Å². The standard InChI is InChI=1S/C59H103NO8/c1-3-5-7-9-11-13-15-17-19-21-23-25-27-29-31-33-35-37-39-41-43-45-47-49-55(63)60-52(51-67-59-58(66)57(65)56(64)54(50-61)68-59)53(62)48-46-44-42-40-38-36-34-32-30-28-26-24-22-20-18-16-14-12-10-8-6-4-2/h5,7,11,13,17,19,23,25,29,31,35,37,46,48,52-54,56-59,61-62,64-66H,3-4,6,8-10,12,14-16,18,20-22,24,26-28,30,32-34,36,38-45,47,49-51H2,1-2H3,(H,60,63)/b7-5-,13-11-,19-17-,25-23-,31-29-,37-35-,48-46+. The Morgan fingerprint density at radius 1 is 0.515 bits per heavy atom. The van der Waals surface area contributed by atoms with Crippen LogP contribution in [-0.2, 0) is 14.3 Å². The van der Waals surface area contributed by atoms with Crippen LogP contribution in [0.5, 0.6) is 0 Å². The number of unbranched alkanes of at least 4 members (excludes halogenated alkanes) is 24. The van der Waals surface area contributed by atoms with Crippen LogP contribution >= 0.6 is 0 Å². The quantitative estimate of drug-likeness (QED) is 0.0261. The van der Waals surface area contributed by atoms with Gasteiger partial charge in [-0.1, -0.05) is 234 Å². The fourth-order valence-corrected chi connectivity index (χ4v) is 8.34. The lowest BCUT2D eigenvalue weighted by molar-refractivity contribution is -0.302. The molecule has 0 aliphatic carbocycles. The molecule has 0 spiro atoms. The first-order valence-electron chi connectivity index (χ1n) is 27.8. The Hall–Kier alpha value is -2.63. The highest BCUT2D eigenvalue weighted by atomic mass is 16.7. The first-order valence-corrected chi connectivity index (χ1v) is 27.8. The second-order valence-corrected chi connectivity index (χ2v) is 19.0. The third kappa shape index (κ3) is 37.2. The molecule has 0 radical (unpaired) electrons. The van der Waals surface area contributed by atoms with Gasteiger partial charge in [-0.05, 0) is 70.6 Å². The first kappa shape index (κ1) is 63.4. The smallest absolute Gasteiger partial charge is 0.220 e. The largest absolute Gasteiger partial charge is 0.394 e. The fourth-order valence-electron chi connectivity index (χ4n) is 8.34. The average Bonchev–Trinajstić information content (AvgIpc) is 3.34. The maximum atomic E-state index is 13.0. The summed E-state index contributed by atoms with van der Waals surface area (Å²) in [7, 11) is 0. The first-order chi connectivity index (χ1) is 33.3. The van der Waals surface area contributed by atoms with E-state index in [0.29, 0.717) is 6.42 Å². The molecular formula is C59H103NO8. The molecule has 1 amide bonds. The number of carbonyl (C=O) groups is 1. The van der Waals surface area contributed by atoms with Crippen molar-refractivity contribution in [2.45, 2.75) is 269 Å². The molecule has 0 bridgehead atoms. The fraction of sp³-hybridized carbons (Fsp3) is 0.746. The second-order valence-electron chi connectivity index (χ2n) is 19.0. The average molecular weight is 954 g/mol. The van der Waals surface area contributed by atoms with Crippen molar-refractivity contribution in [1.29, 1.82) is 0 Å². The molecule has 0 aromatic carbocycles. The summed E-state index contributed by atoms with van der Waals surface area (Å²) in [5, 5.41) is 54.5. The number of rotatable bonds is 46. The van der Waals surface area contributed by atoms with Gasteiger partial charge in [0, 0.05) is 6.42 Å². The van der Waals surface area contributed by atoms with Crippen LogP contribution in [0.15, 0.2) is 85.1 Å². The Bertz CT molecular complexity index is 1340. The summed E-state index contributed by atoms with van der Waals surface area (Å²) in [4.78, 5) is 13.0. The normalized spacial score (nSPS) is 20.2. The third-order valence-electron chi connectivity index (χ3n) is 12.7. The lowest BCUT2D eigenvalue weighted by atomic mass is 9.99. The molecule has 0 aromatic rings. The lowest BCUT2D eigenvalue weighted by Crippen LogP contribution is -2.60. The Morgan fingerprint density at radius 2 is 0.912 bits per heavy atom. The van der Waals surface area contributed by atoms with Gasteiger partial charge in [-0.3, -0.25) is 4.79 Å². The van der Waals surface area contributed by atoms with E-state index >= 15 is 0 Å². The molecular weight excluding hydrogens is 851 g/mol. The van der Waals surface area contributed by atoms with Gasteiger partial charge in [0.05, 0.1) is 25.4 Å². The predicted molar refractivity (Wildman–Crippen MR) is 285 cm³/mol. The van der Waals surface area contributed by atoms with Crippen LogP contribution in [-0.4, -0.2) is 87.5 Å². The van der Waals surface area contributed by atoms with Crippen molar-refractivity contribution < 1.29 is 39.8 Å². The minimum Gasteiger partial charge on any atom is -0.394 e. The van der Waals surface area contributed by atoms with Crippen LogP contribution in [0.25, 0.3) is 0 Å². The number of ether oxygens (including phenoxy) is 2. The number of carbonyl (C=O) groups excluding carboxylic acids is 1. The summed E-state index contributed by atoms with van der Waals surface area (Å²) in [6.45, 7) is 3.66. The van der Waals surface area contributed by atoms with E-state index in [1.165, 1.54) is 116 Å². The minimum absolute atomic E-state index is 0.203. The zero-order chi connectivity index (χ0) is 49.4. The van der Waals surface area contributed by atoms with E-state index in [1.54, 1.807) is 6.08 Å². The van der Waals surface area contributed by atoms with Gasteiger partial charge in [0.25, 0.3) is 0 Å². The van der Waals surface area contributed by atoms with Gasteiger partial charge in [0.15, 0.2) is 6.29 Å². The summed E-state index contributed by atoms with van der Waals surface area (Å²) >= 11 is 0. The summed E-state index contributed by atoms with van der Waals surface area (Å²) in [5.41, 5.74) is 0. The summed E-state index contributed by atoms with van der Waals surface area (Å²) in [5.74, 6) is -0.203. The van der Waals surface area contributed by atoms with Gasteiger partial charge in [-0.15, -0.1) is 0 Å².